The van der Waals surface area contributed by atoms with Crippen molar-refractivity contribution >= 4 is 5.84 Å². The van der Waals surface area contributed by atoms with E-state index in [4.69, 9.17) is 5.84 Å². The highest BCUT2D eigenvalue weighted by Gasteiger charge is 2.13. The van der Waals surface area contributed by atoms with Gasteiger partial charge in [-0.3, -0.25) is 4.99 Å². The first-order valence-electron chi connectivity index (χ1n) is 6.11. The second-order valence-electron chi connectivity index (χ2n) is 5.20. The largest absolute Gasteiger partial charge is 0.308 e. The molecule has 0 heterocycles. The number of nitrogens with zero attached hydrogens (tertiary/aromatic N) is 1. The van der Waals surface area contributed by atoms with Gasteiger partial charge in [-0.1, -0.05) is 52.0 Å². The monoisotopic (exact) mass is 233 g/mol. The molecule has 0 saturated carbocycles. The zero-order valence-corrected chi connectivity index (χ0v) is 11.2. The van der Waals surface area contributed by atoms with Crippen molar-refractivity contribution in [1.82, 2.24) is 5.43 Å². The molecule has 17 heavy (non-hydrogen) atoms. The first-order chi connectivity index (χ1) is 7.99. The van der Waals surface area contributed by atoms with Crippen LogP contribution in [-0.4, -0.2) is 12.4 Å². The van der Waals surface area contributed by atoms with Gasteiger partial charge >= 0.3 is 0 Å². The van der Waals surface area contributed by atoms with Crippen molar-refractivity contribution in [2.24, 2.45) is 10.8 Å². The van der Waals surface area contributed by atoms with Crippen molar-refractivity contribution in [1.29, 1.82) is 0 Å². The van der Waals surface area contributed by atoms with E-state index in [0.29, 0.717) is 0 Å². The van der Waals surface area contributed by atoms with Crippen LogP contribution in [0.1, 0.15) is 45.2 Å². The zero-order chi connectivity index (χ0) is 12.9. The Balaban J connectivity index is 2.93. The van der Waals surface area contributed by atoms with E-state index in [0.717, 1.165) is 24.4 Å². The highest BCUT2D eigenvalue weighted by Crippen LogP contribution is 2.22. The predicted octanol–water partition coefficient (Wildman–Crippen LogP) is 2.60. The third-order valence-corrected chi connectivity index (χ3v) is 2.65. The summed E-state index contributed by atoms with van der Waals surface area (Å²) < 4.78 is 0. The van der Waals surface area contributed by atoms with E-state index in [9.17, 15) is 0 Å². The summed E-state index contributed by atoms with van der Waals surface area (Å²) >= 11 is 0. The molecule has 0 aliphatic carbocycles. The second-order valence-corrected chi connectivity index (χ2v) is 5.20. The molecule has 0 saturated heterocycles. The third-order valence-electron chi connectivity index (χ3n) is 2.65. The molecule has 0 aromatic heterocycles. The lowest BCUT2D eigenvalue weighted by atomic mass is 9.86. The minimum absolute atomic E-state index is 0.176. The number of hydrazine groups is 1. The Morgan fingerprint density at radius 3 is 2.24 bits per heavy atom. The number of hydrogen-bond donors (Lipinski definition) is 2. The Morgan fingerprint density at radius 1 is 1.24 bits per heavy atom. The molecule has 0 fully saturated rings. The van der Waals surface area contributed by atoms with Crippen LogP contribution in [0, 0.1) is 0 Å². The van der Waals surface area contributed by atoms with Crippen LogP contribution >= 0.6 is 0 Å². The van der Waals surface area contributed by atoms with Crippen molar-refractivity contribution < 1.29 is 0 Å². The highest BCUT2D eigenvalue weighted by atomic mass is 15.2. The molecule has 0 bridgehead atoms. The van der Waals surface area contributed by atoms with Crippen LogP contribution in [0.25, 0.3) is 0 Å². The minimum atomic E-state index is 0.176. The second kappa shape index (κ2) is 5.82. The van der Waals surface area contributed by atoms with E-state index in [2.05, 4.69) is 62.4 Å². The Kier molecular flexibility index (Phi) is 4.70. The van der Waals surface area contributed by atoms with E-state index in [-0.39, 0.29) is 5.41 Å². The first kappa shape index (κ1) is 13.7. The Morgan fingerprint density at radius 2 is 1.82 bits per heavy atom. The summed E-state index contributed by atoms with van der Waals surface area (Å²) in [5.74, 6) is 6.25. The zero-order valence-electron chi connectivity index (χ0n) is 11.2. The lowest BCUT2D eigenvalue weighted by Crippen LogP contribution is -2.31. The fraction of sp³-hybridized carbons (Fsp3) is 0.500. The minimum Gasteiger partial charge on any atom is -0.308 e. The number of nitrogens with two attached hydrogens (primary N) is 1. The Hall–Kier alpha value is -1.35. The molecule has 3 nitrogen and oxygen atoms in total. The van der Waals surface area contributed by atoms with Crippen LogP contribution in [0.4, 0.5) is 0 Å². The van der Waals surface area contributed by atoms with Crippen LogP contribution in [0.3, 0.4) is 0 Å². The highest BCUT2D eigenvalue weighted by molar-refractivity contribution is 5.98. The van der Waals surface area contributed by atoms with Crippen LogP contribution in [0.15, 0.2) is 29.3 Å². The van der Waals surface area contributed by atoms with E-state index in [1.165, 1.54) is 5.56 Å². The van der Waals surface area contributed by atoms with Crippen molar-refractivity contribution in [2.45, 2.75) is 39.5 Å². The molecular weight excluding hydrogens is 210 g/mol. The van der Waals surface area contributed by atoms with E-state index in [1.54, 1.807) is 0 Å². The lowest BCUT2D eigenvalue weighted by molar-refractivity contribution is 0.590. The molecule has 3 heteroatoms. The summed E-state index contributed by atoms with van der Waals surface area (Å²) in [6.45, 7) is 9.50. The fourth-order valence-electron chi connectivity index (χ4n) is 1.57. The molecule has 0 amide bonds. The molecule has 0 aliphatic heterocycles. The first-order valence-corrected chi connectivity index (χ1v) is 6.11. The van der Waals surface area contributed by atoms with Gasteiger partial charge in [0.1, 0.15) is 5.84 Å². The molecule has 0 unspecified atom stereocenters. The van der Waals surface area contributed by atoms with E-state index in [1.807, 2.05) is 0 Å². The van der Waals surface area contributed by atoms with Crippen molar-refractivity contribution in [3.63, 3.8) is 0 Å². The number of rotatable bonds is 3. The molecule has 0 atom stereocenters. The maximum Gasteiger partial charge on any atom is 0.142 e. The molecule has 1 aromatic carbocycles. The maximum atomic E-state index is 5.49. The van der Waals surface area contributed by atoms with Gasteiger partial charge in [-0.15, -0.1) is 0 Å². The molecule has 3 N–H and O–H groups in total. The van der Waals surface area contributed by atoms with Gasteiger partial charge in [0.2, 0.25) is 0 Å². The fourth-order valence-corrected chi connectivity index (χ4v) is 1.57. The third kappa shape index (κ3) is 3.86. The molecule has 1 rings (SSSR count). The molecule has 0 spiro atoms. The van der Waals surface area contributed by atoms with Crippen molar-refractivity contribution in [3.05, 3.63) is 35.4 Å². The van der Waals surface area contributed by atoms with Gasteiger partial charge < -0.3 is 5.43 Å². The molecule has 0 radical (unpaired) electrons. The number of aliphatic imine (C=N–C) groups is 1. The van der Waals surface area contributed by atoms with Gasteiger partial charge in [0, 0.05) is 12.1 Å². The maximum absolute atomic E-state index is 5.49. The number of benzene rings is 1. The summed E-state index contributed by atoms with van der Waals surface area (Å²) in [6.07, 6.45) is 1.02. The average Bonchev–Trinajstić information content (AvgIpc) is 2.29. The number of hydrogen-bond acceptors (Lipinski definition) is 2. The lowest BCUT2D eigenvalue weighted by Gasteiger charge is -2.19. The average molecular weight is 233 g/mol. The summed E-state index contributed by atoms with van der Waals surface area (Å²) in [5.41, 5.74) is 5.19. The number of amidine groups is 1. The topological polar surface area (TPSA) is 50.4 Å². The Labute approximate surface area is 104 Å². The standard InChI is InChI=1S/C14H23N3/c1-5-10-16-13(17-15)11-6-8-12(9-7-11)14(2,3)4/h6-9H,5,10,15H2,1-4H3,(H,16,17). The summed E-state index contributed by atoms with van der Waals surface area (Å²) in [7, 11) is 0. The molecule has 94 valence electrons. The van der Waals surface area contributed by atoms with E-state index >= 15 is 0 Å². The van der Waals surface area contributed by atoms with Crippen molar-refractivity contribution in [3.8, 4) is 0 Å². The summed E-state index contributed by atoms with van der Waals surface area (Å²) in [4.78, 5) is 4.40. The van der Waals surface area contributed by atoms with Gasteiger partial charge in [-0.05, 0) is 17.4 Å². The van der Waals surface area contributed by atoms with Crippen LogP contribution < -0.4 is 11.3 Å². The van der Waals surface area contributed by atoms with Gasteiger partial charge in [-0.25, -0.2) is 5.84 Å². The van der Waals surface area contributed by atoms with Crippen LogP contribution in [0.2, 0.25) is 0 Å². The van der Waals surface area contributed by atoms with Gasteiger partial charge in [-0.2, -0.15) is 0 Å². The molecule has 0 aliphatic rings. The van der Waals surface area contributed by atoms with Gasteiger partial charge in [0.25, 0.3) is 0 Å². The smallest absolute Gasteiger partial charge is 0.142 e. The predicted molar refractivity (Wildman–Crippen MR) is 74.2 cm³/mol. The van der Waals surface area contributed by atoms with Crippen LogP contribution in [0.5, 0.6) is 0 Å². The molecule has 1 aromatic rings. The number of nitrogens with one attached hydrogen (secondary N) is 1. The van der Waals surface area contributed by atoms with Crippen molar-refractivity contribution in [2.75, 3.05) is 6.54 Å². The summed E-state index contributed by atoms with van der Waals surface area (Å²) in [6, 6.07) is 8.39. The normalized spacial score (nSPS) is 12.6. The summed E-state index contributed by atoms with van der Waals surface area (Å²) in [5, 5.41) is 0. The van der Waals surface area contributed by atoms with Crippen LogP contribution in [-0.2, 0) is 5.41 Å². The SMILES string of the molecule is CCCN=C(NN)c1ccc(C(C)(C)C)cc1. The Bertz CT molecular complexity index is 371. The van der Waals surface area contributed by atoms with Gasteiger partial charge in [0.15, 0.2) is 0 Å². The van der Waals surface area contributed by atoms with Gasteiger partial charge in [0.05, 0.1) is 0 Å². The molecular formula is C14H23N3. The quantitative estimate of drug-likeness (QED) is 0.365. The van der Waals surface area contributed by atoms with E-state index < -0.39 is 0 Å².